The molecule has 178 valence electrons. The summed E-state index contributed by atoms with van der Waals surface area (Å²) in [5.41, 5.74) is 1.24. The summed E-state index contributed by atoms with van der Waals surface area (Å²) >= 11 is 0. The van der Waals surface area contributed by atoms with Crippen LogP contribution in [0.1, 0.15) is 32.3 Å². The Morgan fingerprint density at radius 3 is 2.74 bits per heavy atom. The van der Waals surface area contributed by atoms with Crippen LogP contribution in [0, 0.1) is 5.92 Å². The van der Waals surface area contributed by atoms with Gasteiger partial charge in [-0.05, 0) is 50.8 Å². The Morgan fingerprint density at radius 1 is 1.19 bits per heavy atom. The zero-order valence-corrected chi connectivity index (χ0v) is 21.9. The molecule has 1 N–H and O–H groups in total. The molecule has 0 aromatic heterocycles. The van der Waals surface area contributed by atoms with Gasteiger partial charge in [0.05, 0.1) is 33.5 Å². The molecule has 1 aromatic carbocycles. The van der Waals surface area contributed by atoms with Gasteiger partial charge in [-0.1, -0.05) is 6.07 Å². The van der Waals surface area contributed by atoms with Gasteiger partial charge >= 0.3 is 0 Å². The Labute approximate surface area is 204 Å². The third-order valence-electron chi connectivity index (χ3n) is 5.12. The predicted molar refractivity (Wildman–Crippen MR) is 136 cm³/mol. The van der Waals surface area contributed by atoms with Crippen molar-refractivity contribution in [3.63, 3.8) is 0 Å². The number of methoxy groups -OCH3 is 2. The number of hydrogen-bond donors (Lipinski definition) is 1. The third-order valence-corrected chi connectivity index (χ3v) is 5.12. The highest BCUT2D eigenvalue weighted by atomic mass is 127. The van der Waals surface area contributed by atoms with Crippen molar-refractivity contribution in [2.45, 2.75) is 33.1 Å². The molecule has 1 atom stereocenters. The van der Waals surface area contributed by atoms with Crippen molar-refractivity contribution >= 4 is 29.9 Å². The molecule has 0 amide bonds. The van der Waals surface area contributed by atoms with Crippen molar-refractivity contribution in [1.82, 2.24) is 10.2 Å². The fraction of sp³-hybridized carbons (Fsp3) is 0.696. The van der Waals surface area contributed by atoms with Gasteiger partial charge in [0.25, 0.3) is 0 Å². The molecule has 0 bridgehead atoms. The summed E-state index contributed by atoms with van der Waals surface area (Å²) in [5.74, 6) is 3.16. The van der Waals surface area contributed by atoms with Crippen molar-refractivity contribution in [2.24, 2.45) is 10.9 Å². The molecular formula is C23H40IN3O4. The highest BCUT2D eigenvalue weighted by Gasteiger charge is 2.24. The van der Waals surface area contributed by atoms with E-state index in [2.05, 4.69) is 29.3 Å². The van der Waals surface area contributed by atoms with Gasteiger partial charge < -0.3 is 29.2 Å². The number of hydrogen-bond acceptors (Lipinski definition) is 5. The van der Waals surface area contributed by atoms with Crippen LogP contribution in [0.5, 0.6) is 11.5 Å². The van der Waals surface area contributed by atoms with Crippen molar-refractivity contribution in [3.05, 3.63) is 23.8 Å². The lowest BCUT2D eigenvalue weighted by Crippen LogP contribution is -2.40. The van der Waals surface area contributed by atoms with E-state index in [1.807, 2.05) is 13.0 Å². The second-order valence-electron chi connectivity index (χ2n) is 7.43. The first-order valence-corrected chi connectivity index (χ1v) is 11.1. The zero-order chi connectivity index (χ0) is 21.6. The average Bonchev–Trinajstić information content (AvgIpc) is 3.23. The Kier molecular flexibility index (Phi) is 14.7. The second-order valence-corrected chi connectivity index (χ2v) is 7.43. The summed E-state index contributed by atoms with van der Waals surface area (Å²) in [4.78, 5) is 7.22. The van der Waals surface area contributed by atoms with Crippen molar-refractivity contribution in [1.29, 1.82) is 0 Å². The number of aryl methyl sites for hydroxylation is 1. The Balaban J connectivity index is 0.00000480. The number of ether oxygens (including phenoxy) is 4. The number of benzene rings is 1. The van der Waals surface area contributed by atoms with Gasteiger partial charge in [0, 0.05) is 39.2 Å². The molecule has 1 fully saturated rings. The smallest absolute Gasteiger partial charge is 0.193 e. The van der Waals surface area contributed by atoms with Crippen LogP contribution in [0.3, 0.4) is 0 Å². The van der Waals surface area contributed by atoms with E-state index in [1.165, 1.54) is 5.56 Å². The van der Waals surface area contributed by atoms with Crippen LogP contribution in [0.2, 0.25) is 0 Å². The third kappa shape index (κ3) is 9.82. The largest absolute Gasteiger partial charge is 0.493 e. The quantitative estimate of drug-likeness (QED) is 0.176. The van der Waals surface area contributed by atoms with E-state index in [4.69, 9.17) is 23.9 Å². The normalized spacial score (nSPS) is 16.2. The van der Waals surface area contributed by atoms with E-state index >= 15 is 0 Å². The number of aliphatic imine (C=N–C) groups is 1. The molecule has 0 spiro atoms. The minimum Gasteiger partial charge on any atom is -0.493 e. The topological polar surface area (TPSA) is 64.6 Å². The maximum atomic E-state index is 5.71. The van der Waals surface area contributed by atoms with Gasteiger partial charge in [0.1, 0.15) is 0 Å². The average molecular weight is 549 g/mol. The van der Waals surface area contributed by atoms with E-state index < -0.39 is 0 Å². The van der Waals surface area contributed by atoms with E-state index in [-0.39, 0.29) is 24.0 Å². The number of nitrogens with zero attached hydrogens (tertiary/aromatic N) is 2. The second kappa shape index (κ2) is 16.4. The molecule has 1 aliphatic rings. The summed E-state index contributed by atoms with van der Waals surface area (Å²) in [6.45, 7) is 10.5. The van der Waals surface area contributed by atoms with Crippen molar-refractivity contribution in [2.75, 3.05) is 66.8 Å². The first kappa shape index (κ1) is 27.8. The fourth-order valence-electron chi connectivity index (χ4n) is 3.59. The number of guanidine groups is 1. The Bertz CT molecular complexity index is 645. The summed E-state index contributed by atoms with van der Waals surface area (Å²) < 4.78 is 21.8. The van der Waals surface area contributed by atoms with Crippen LogP contribution >= 0.6 is 24.0 Å². The van der Waals surface area contributed by atoms with E-state index in [9.17, 15) is 0 Å². The number of rotatable bonds is 13. The minimum atomic E-state index is 0. The molecule has 2 rings (SSSR count). The molecule has 0 saturated carbocycles. The first-order chi connectivity index (χ1) is 14.7. The Morgan fingerprint density at radius 2 is 2.03 bits per heavy atom. The minimum absolute atomic E-state index is 0. The van der Waals surface area contributed by atoms with Crippen LogP contribution in [-0.4, -0.2) is 77.7 Å². The molecular weight excluding hydrogens is 509 g/mol. The van der Waals surface area contributed by atoms with Crippen LogP contribution in [0.4, 0.5) is 0 Å². The maximum Gasteiger partial charge on any atom is 0.193 e. The molecule has 1 aliphatic heterocycles. The predicted octanol–water partition coefficient (Wildman–Crippen LogP) is 3.59. The molecule has 8 heteroatoms. The number of halogens is 1. The zero-order valence-electron chi connectivity index (χ0n) is 19.5. The van der Waals surface area contributed by atoms with Crippen LogP contribution in [0.25, 0.3) is 0 Å². The summed E-state index contributed by atoms with van der Waals surface area (Å²) in [7, 11) is 3.37. The fourth-order valence-corrected chi connectivity index (χ4v) is 3.59. The molecule has 1 unspecified atom stereocenters. The van der Waals surface area contributed by atoms with E-state index in [0.717, 1.165) is 69.5 Å². The van der Waals surface area contributed by atoms with Crippen molar-refractivity contribution < 1.29 is 18.9 Å². The van der Waals surface area contributed by atoms with E-state index in [0.29, 0.717) is 25.7 Å². The first-order valence-electron chi connectivity index (χ1n) is 11.1. The van der Waals surface area contributed by atoms with Gasteiger partial charge in [-0.25, -0.2) is 0 Å². The van der Waals surface area contributed by atoms with E-state index in [1.54, 1.807) is 14.2 Å². The van der Waals surface area contributed by atoms with Crippen LogP contribution in [-0.2, 0) is 15.9 Å². The summed E-state index contributed by atoms with van der Waals surface area (Å²) in [5, 5.41) is 3.44. The molecule has 1 heterocycles. The van der Waals surface area contributed by atoms with Crippen LogP contribution in [0.15, 0.2) is 23.2 Å². The monoisotopic (exact) mass is 549 g/mol. The molecule has 1 saturated heterocycles. The lowest BCUT2D eigenvalue weighted by molar-refractivity contribution is 0.0536. The van der Waals surface area contributed by atoms with Crippen LogP contribution < -0.4 is 14.8 Å². The lowest BCUT2D eigenvalue weighted by Gasteiger charge is -2.21. The lowest BCUT2D eigenvalue weighted by atomic mass is 10.1. The molecule has 0 aliphatic carbocycles. The van der Waals surface area contributed by atoms with Gasteiger partial charge in [0.2, 0.25) is 0 Å². The number of likely N-dealkylation sites (tertiary alicyclic amines) is 1. The standard InChI is InChI=1S/C23H39N3O4.HI/c1-5-24-23(26-13-11-20(17-26)18-29-15-14-27-3)25-12-7-8-19-9-10-21(28-4)22(16-19)30-6-2;/h9-10,16,20H,5-8,11-15,17-18H2,1-4H3,(H,24,25);1H. The SMILES string of the molecule is CCNC(=NCCCc1ccc(OC)c(OCC)c1)N1CCC(COCCOC)C1.I. The van der Waals surface area contributed by atoms with Gasteiger partial charge in [-0.3, -0.25) is 4.99 Å². The molecule has 31 heavy (non-hydrogen) atoms. The number of nitrogens with one attached hydrogen (secondary N) is 1. The molecule has 0 radical (unpaired) electrons. The maximum absolute atomic E-state index is 5.71. The van der Waals surface area contributed by atoms with Gasteiger partial charge in [0.15, 0.2) is 17.5 Å². The summed E-state index contributed by atoms with van der Waals surface area (Å²) in [6, 6.07) is 6.16. The molecule has 1 aromatic rings. The van der Waals surface area contributed by atoms with Gasteiger partial charge in [-0.2, -0.15) is 0 Å². The van der Waals surface area contributed by atoms with Gasteiger partial charge in [-0.15, -0.1) is 24.0 Å². The Hall–Kier alpha value is -1.26. The highest BCUT2D eigenvalue weighted by molar-refractivity contribution is 14.0. The highest BCUT2D eigenvalue weighted by Crippen LogP contribution is 2.28. The molecule has 7 nitrogen and oxygen atoms in total. The van der Waals surface area contributed by atoms with Crippen molar-refractivity contribution in [3.8, 4) is 11.5 Å². The summed E-state index contributed by atoms with van der Waals surface area (Å²) in [6.07, 6.45) is 3.09.